The van der Waals surface area contributed by atoms with Gasteiger partial charge in [0.1, 0.15) is 5.75 Å². The molecule has 2 rings (SSSR count). The average Bonchev–Trinajstić information content (AvgIpc) is 2.21. The van der Waals surface area contributed by atoms with Crippen molar-refractivity contribution in [1.29, 1.82) is 0 Å². The van der Waals surface area contributed by atoms with Crippen LogP contribution in [0.2, 0.25) is 0 Å². The molecule has 0 radical (unpaired) electrons. The molecule has 1 aromatic heterocycles. The summed E-state index contributed by atoms with van der Waals surface area (Å²) < 4.78 is 40.9. The topological polar surface area (TPSA) is 22.1 Å². The first-order chi connectivity index (χ1) is 7.47. The number of ether oxygens (including phenoxy) is 1. The molecule has 0 aliphatic rings. The van der Waals surface area contributed by atoms with Crippen molar-refractivity contribution in [3.05, 3.63) is 34.9 Å². The highest BCUT2D eigenvalue weighted by atomic mass is 79.9. The summed E-state index contributed by atoms with van der Waals surface area (Å²) in [6, 6.07) is 5.80. The second-order valence-corrected chi connectivity index (χ2v) is 3.85. The predicted molar refractivity (Wildman–Crippen MR) is 56.1 cm³/mol. The molecule has 0 saturated carbocycles. The van der Waals surface area contributed by atoms with Gasteiger partial charge in [-0.05, 0) is 40.2 Å². The lowest BCUT2D eigenvalue weighted by Crippen LogP contribution is -2.17. The number of alkyl halides is 3. The molecule has 1 aromatic carbocycles. The van der Waals surface area contributed by atoms with Crippen molar-refractivity contribution in [2.24, 2.45) is 0 Å². The van der Waals surface area contributed by atoms with Crippen molar-refractivity contribution in [1.82, 2.24) is 4.98 Å². The van der Waals surface area contributed by atoms with E-state index >= 15 is 0 Å². The molecule has 16 heavy (non-hydrogen) atoms. The van der Waals surface area contributed by atoms with Crippen LogP contribution in [0.25, 0.3) is 10.9 Å². The van der Waals surface area contributed by atoms with E-state index in [-0.39, 0.29) is 5.75 Å². The van der Waals surface area contributed by atoms with Gasteiger partial charge in [-0.25, -0.2) is 0 Å². The van der Waals surface area contributed by atoms with Gasteiger partial charge in [-0.15, -0.1) is 13.2 Å². The first-order valence-electron chi connectivity index (χ1n) is 4.26. The van der Waals surface area contributed by atoms with Crippen molar-refractivity contribution in [2.45, 2.75) is 6.36 Å². The van der Waals surface area contributed by atoms with Crippen LogP contribution in [0.1, 0.15) is 0 Å². The van der Waals surface area contributed by atoms with Crippen molar-refractivity contribution in [2.75, 3.05) is 0 Å². The van der Waals surface area contributed by atoms with Gasteiger partial charge in [0.25, 0.3) is 0 Å². The minimum absolute atomic E-state index is 0.251. The summed E-state index contributed by atoms with van der Waals surface area (Å²) in [4.78, 5) is 3.98. The van der Waals surface area contributed by atoms with E-state index in [1.54, 1.807) is 6.07 Å². The van der Waals surface area contributed by atoms with E-state index in [9.17, 15) is 13.2 Å². The van der Waals surface area contributed by atoms with E-state index in [1.165, 1.54) is 24.4 Å². The van der Waals surface area contributed by atoms with Crippen LogP contribution in [-0.4, -0.2) is 11.3 Å². The maximum absolute atomic E-state index is 12.1. The predicted octanol–water partition coefficient (Wildman–Crippen LogP) is 3.90. The Hall–Kier alpha value is -1.30. The van der Waals surface area contributed by atoms with E-state index in [4.69, 9.17) is 0 Å². The fraction of sp³-hybridized carbons (Fsp3) is 0.100. The van der Waals surface area contributed by atoms with Gasteiger partial charge in [-0.1, -0.05) is 0 Å². The van der Waals surface area contributed by atoms with Gasteiger partial charge in [0.2, 0.25) is 0 Å². The molecule has 0 fully saturated rings. The largest absolute Gasteiger partial charge is 0.573 e. The van der Waals surface area contributed by atoms with Gasteiger partial charge < -0.3 is 4.74 Å². The molecule has 0 atom stereocenters. The Labute approximate surface area is 97.2 Å². The minimum atomic E-state index is -4.70. The zero-order chi connectivity index (χ0) is 11.8. The molecular weight excluding hydrogens is 287 g/mol. The van der Waals surface area contributed by atoms with Crippen LogP contribution in [0.15, 0.2) is 34.9 Å². The number of pyridine rings is 1. The fourth-order valence-electron chi connectivity index (χ4n) is 1.33. The molecular formula is C10H5BrF3NO. The lowest BCUT2D eigenvalue weighted by Gasteiger charge is -2.11. The molecule has 2 aromatic rings. The zero-order valence-corrected chi connectivity index (χ0v) is 9.34. The highest BCUT2D eigenvalue weighted by Crippen LogP contribution is 2.33. The summed E-state index contributed by atoms with van der Waals surface area (Å²) in [5.74, 6) is -0.251. The molecule has 2 nitrogen and oxygen atoms in total. The Morgan fingerprint density at radius 2 is 1.94 bits per heavy atom. The van der Waals surface area contributed by atoms with Gasteiger partial charge in [0.15, 0.2) is 0 Å². The van der Waals surface area contributed by atoms with Gasteiger partial charge >= 0.3 is 6.36 Å². The Morgan fingerprint density at radius 3 is 2.62 bits per heavy atom. The standard InChI is InChI=1S/C10H5BrF3NO/c11-7-3-4-8(16-10(12,13)14)6-2-1-5-15-9(6)7/h1-5H. The molecule has 0 aliphatic carbocycles. The first kappa shape index (κ1) is 11.2. The average molecular weight is 292 g/mol. The highest BCUT2D eigenvalue weighted by molar-refractivity contribution is 9.10. The second kappa shape index (κ2) is 3.93. The van der Waals surface area contributed by atoms with Crippen LogP contribution < -0.4 is 4.74 Å². The van der Waals surface area contributed by atoms with E-state index in [1.807, 2.05) is 0 Å². The van der Waals surface area contributed by atoms with Gasteiger partial charge in [-0.2, -0.15) is 0 Å². The van der Waals surface area contributed by atoms with Crippen LogP contribution in [0.5, 0.6) is 5.75 Å². The van der Waals surface area contributed by atoms with E-state index in [0.29, 0.717) is 15.4 Å². The molecule has 0 amide bonds. The van der Waals surface area contributed by atoms with E-state index < -0.39 is 6.36 Å². The number of nitrogens with zero attached hydrogens (tertiary/aromatic N) is 1. The molecule has 1 heterocycles. The second-order valence-electron chi connectivity index (χ2n) is 2.99. The number of aromatic nitrogens is 1. The lowest BCUT2D eigenvalue weighted by molar-refractivity contribution is -0.274. The molecule has 0 unspecified atom stereocenters. The number of fused-ring (bicyclic) bond motifs is 1. The lowest BCUT2D eigenvalue weighted by atomic mass is 10.2. The normalized spacial score (nSPS) is 11.8. The maximum atomic E-state index is 12.1. The maximum Gasteiger partial charge on any atom is 0.573 e. The SMILES string of the molecule is FC(F)(F)Oc1ccc(Br)c2ncccc12. The van der Waals surface area contributed by atoms with Crippen molar-refractivity contribution >= 4 is 26.8 Å². The van der Waals surface area contributed by atoms with Crippen LogP contribution >= 0.6 is 15.9 Å². The fourth-order valence-corrected chi connectivity index (χ4v) is 1.77. The summed E-state index contributed by atoms with van der Waals surface area (Å²) in [6.45, 7) is 0. The van der Waals surface area contributed by atoms with Crippen molar-refractivity contribution in [3.63, 3.8) is 0 Å². The van der Waals surface area contributed by atoms with Crippen molar-refractivity contribution < 1.29 is 17.9 Å². The molecule has 84 valence electrons. The van der Waals surface area contributed by atoms with Gasteiger partial charge in [-0.3, -0.25) is 4.98 Å². The quantitative estimate of drug-likeness (QED) is 0.795. The van der Waals surface area contributed by atoms with Crippen LogP contribution in [0.3, 0.4) is 0 Å². The van der Waals surface area contributed by atoms with Crippen molar-refractivity contribution in [3.8, 4) is 5.75 Å². The summed E-state index contributed by atoms with van der Waals surface area (Å²) in [6.07, 6.45) is -3.19. The first-order valence-corrected chi connectivity index (χ1v) is 5.06. The van der Waals surface area contributed by atoms with Crippen LogP contribution in [0, 0.1) is 0 Å². The molecule has 0 saturated heterocycles. The Balaban J connectivity index is 2.59. The number of rotatable bonds is 1. The molecule has 0 bridgehead atoms. The van der Waals surface area contributed by atoms with E-state index in [2.05, 4.69) is 25.7 Å². The third kappa shape index (κ3) is 2.27. The third-order valence-electron chi connectivity index (χ3n) is 1.91. The number of halogens is 4. The van der Waals surface area contributed by atoms with Crippen LogP contribution in [0.4, 0.5) is 13.2 Å². The summed E-state index contributed by atoms with van der Waals surface area (Å²) >= 11 is 3.21. The molecule has 0 aliphatic heterocycles. The van der Waals surface area contributed by atoms with Gasteiger partial charge in [0.05, 0.1) is 5.52 Å². The highest BCUT2D eigenvalue weighted by Gasteiger charge is 2.31. The molecule has 0 spiro atoms. The molecule has 0 N–H and O–H groups in total. The minimum Gasteiger partial charge on any atom is -0.405 e. The summed E-state index contributed by atoms with van der Waals surface area (Å²) in [5, 5.41) is 0.314. The Morgan fingerprint density at radius 1 is 1.19 bits per heavy atom. The third-order valence-corrected chi connectivity index (χ3v) is 2.55. The summed E-state index contributed by atoms with van der Waals surface area (Å²) in [5.41, 5.74) is 0.434. The summed E-state index contributed by atoms with van der Waals surface area (Å²) in [7, 11) is 0. The van der Waals surface area contributed by atoms with Crippen LogP contribution in [-0.2, 0) is 0 Å². The smallest absolute Gasteiger partial charge is 0.405 e. The number of hydrogen-bond acceptors (Lipinski definition) is 2. The van der Waals surface area contributed by atoms with E-state index in [0.717, 1.165) is 0 Å². The number of benzene rings is 1. The number of hydrogen-bond donors (Lipinski definition) is 0. The Bertz CT molecular complexity index is 527. The zero-order valence-electron chi connectivity index (χ0n) is 7.75. The van der Waals surface area contributed by atoms with Gasteiger partial charge in [0, 0.05) is 16.1 Å². The Kier molecular flexibility index (Phi) is 2.75. The monoisotopic (exact) mass is 291 g/mol. The molecule has 6 heteroatoms.